The number of aromatic nitrogens is 1. The van der Waals surface area contributed by atoms with Gasteiger partial charge in [0.15, 0.2) is 0 Å². The topological polar surface area (TPSA) is 12.9 Å². The van der Waals surface area contributed by atoms with Gasteiger partial charge in [0, 0.05) is 11.8 Å². The molecule has 1 nitrogen and oxygen atoms in total. The fraction of sp³-hybridized carbons (Fsp3) is 0.333. The zero-order chi connectivity index (χ0) is 6.69. The average Bonchev–Trinajstić information content (AvgIpc) is 2.17. The number of hydrogen-bond donors (Lipinski definition) is 0. The molecule has 0 aromatic carbocycles. The van der Waals surface area contributed by atoms with E-state index in [0.29, 0.717) is 0 Å². The van der Waals surface area contributed by atoms with Crippen LogP contribution in [0, 0.1) is 6.92 Å². The van der Waals surface area contributed by atoms with E-state index in [1.807, 2.05) is 12.3 Å². The molecule has 1 aromatic heterocycles. The highest BCUT2D eigenvalue weighted by Gasteiger charge is 1.92. The van der Waals surface area contributed by atoms with Crippen LogP contribution in [0.5, 0.6) is 0 Å². The summed E-state index contributed by atoms with van der Waals surface area (Å²) in [4.78, 5) is 4.22. The van der Waals surface area contributed by atoms with Crippen LogP contribution >= 0.6 is 23.6 Å². The van der Waals surface area contributed by atoms with E-state index in [4.69, 9.17) is 0 Å². The minimum Gasteiger partial charge on any atom is -0.246 e. The standard InChI is InChI=1S/C6H7NS2/c1-5-7-6(2-3-8)4-9-5/h3-4H,2H2,1H3. The number of aryl methyl sites for hydroxylation is 1. The van der Waals surface area contributed by atoms with Gasteiger partial charge in [-0.1, -0.05) is 12.2 Å². The quantitative estimate of drug-likeness (QED) is 0.609. The molecule has 0 amide bonds. The van der Waals surface area contributed by atoms with Crippen LogP contribution in [0.4, 0.5) is 0 Å². The van der Waals surface area contributed by atoms with Crippen LogP contribution in [0.2, 0.25) is 0 Å². The maximum absolute atomic E-state index is 4.68. The van der Waals surface area contributed by atoms with E-state index in [2.05, 4.69) is 17.2 Å². The third-order valence-corrected chi connectivity index (χ3v) is 1.95. The Morgan fingerprint density at radius 1 is 1.89 bits per heavy atom. The predicted molar refractivity (Wildman–Crippen MR) is 44.2 cm³/mol. The van der Waals surface area contributed by atoms with Crippen LogP contribution in [0.1, 0.15) is 10.7 Å². The molecule has 0 atom stereocenters. The van der Waals surface area contributed by atoms with Crippen LogP contribution in [0.15, 0.2) is 5.38 Å². The Balaban J connectivity index is 2.72. The van der Waals surface area contributed by atoms with Gasteiger partial charge in [-0.2, -0.15) is 0 Å². The second kappa shape index (κ2) is 3.03. The minimum atomic E-state index is 0.819. The number of hydrogen-bond acceptors (Lipinski definition) is 3. The van der Waals surface area contributed by atoms with Gasteiger partial charge in [-0.25, -0.2) is 4.98 Å². The lowest BCUT2D eigenvalue weighted by Gasteiger charge is -1.80. The Morgan fingerprint density at radius 2 is 2.67 bits per heavy atom. The van der Waals surface area contributed by atoms with E-state index in [9.17, 15) is 0 Å². The Morgan fingerprint density at radius 3 is 3.11 bits per heavy atom. The highest BCUT2D eigenvalue weighted by molar-refractivity contribution is 7.78. The van der Waals surface area contributed by atoms with Gasteiger partial charge in [-0.05, 0) is 12.3 Å². The summed E-state index contributed by atoms with van der Waals surface area (Å²) in [6.07, 6.45) is 0.819. The highest BCUT2D eigenvalue weighted by Crippen LogP contribution is 2.07. The largest absolute Gasteiger partial charge is 0.246 e. The third kappa shape index (κ3) is 1.84. The van der Waals surface area contributed by atoms with Crippen LogP contribution in [-0.4, -0.2) is 10.4 Å². The third-order valence-electron chi connectivity index (χ3n) is 0.959. The van der Waals surface area contributed by atoms with E-state index in [0.717, 1.165) is 17.1 Å². The molecule has 0 N–H and O–H groups in total. The van der Waals surface area contributed by atoms with Gasteiger partial charge >= 0.3 is 0 Å². The zero-order valence-electron chi connectivity index (χ0n) is 5.13. The van der Waals surface area contributed by atoms with Crippen molar-refractivity contribution in [1.82, 2.24) is 4.98 Å². The monoisotopic (exact) mass is 157 g/mol. The highest BCUT2D eigenvalue weighted by atomic mass is 32.1. The van der Waals surface area contributed by atoms with Crippen LogP contribution in [0.25, 0.3) is 0 Å². The number of thiazole rings is 1. The fourth-order valence-corrected chi connectivity index (χ4v) is 1.38. The summed E-state index contributed by atoms with van der Waals surface area (Å²) < 4.78 is 0. The molecule has 1 rings (SSSR count). The van der Waals surface area contributed by atoms with Crippen molar-refractivity contribution in [3.05, 3.63) is 16.1 Å². The first-order valence-corrected chi connectivity index (χ1v) is 4.02. The van der Waals surface area contributed by atoms with Crippen LogP contribution in [0.3, 0.4) is 0 Å². The lowest BCUT2D eigenvalue weighted by atomic mass is 10.4. The van der Waals surface area contributed by atoms with Crippen molar-refractivity contribution < 1.29 is 0 Å². The molecular weight excluding hydrogens is 150 g/mol. The maximum atomic E-state index is 4.68. The van der Waals surface area contributed by atoms with Crippen molar-refractivity contribution in [3.63, 3.8) is 0 Å². The number of thiocarbonyl (C=S) groups is 1. The second-order valence-electron chi connectivity index (χ2n) is 1.73. The molecule has 1 aromatic rings. The summed E-state index contributed by atoms with van der Waals surface area (Å²) in [5, 5.41) is 4.86. The molecule has 0 aliphatic heterocycles. The zero-order valence-corrected chi connectivity index (χ0v) is 6.76. The predicted octanol–water partition coefficient (Wildman–Crippen LogP) is 1.99. The molecule has 3 heteroatoms. The molecule has 48 valence electrons. The Kier molecular flexibility index (Phi) is 2.30. The summed E-state index contributed by atoms with van der Waals surface area (Å²) >= 11 is 6.35. The molecule has 0 saturated carbocycles. The Hall–Kier alpha value is -0.280. The Labute approximate surface area is 63.7 Å². The fourth-order valence-electron chi connectivity index (χ4n) is 0.587. The van der Waals surface area contributed by atoms with Gasteiger partial charge in [0.25, 0.3) is 0 Å². The summed E-state index contributed by atoms with van der Waals surface area (Å²) in [5.74, 6) is 0. The van der Waals surface area contributed by atoms with Crippen LogP contribution in [-0.2, 0) is 6.42 Å². The Bertz CT molecular complexity index is 205. The molecule has 1 heterocycles. The van der Waals surface area contributed by atoms with E-state index in [1.165, 1.54) is 0 Å². The van der Waals surface area contributed by atoms with Gasteiger partial charge in [0.2, 0.25) is 0 Å². The van der Waals surface area contributed by atoms with E-state index in [-0.39, 0.29) is 0 Å². The van der Waals surface area contributed by atoms with Crippen molar-refractivity contribution in [2.45, 2.75) is 13.3 Å². The van der Waals surface area contributed by atoms with E-state index >= 15 is 0 Å². The van der Waals surface area contributed by atoms with Crippen molar-refractivity contribution >= 4 is 28.9 Å². The second-order valence-corrected chi connectivity index (χ2v) is 3.12. The summed E-state index contributed by atoms with van der Waals surface area (Å²) in [6.45, 7) is 2.00. The molecule has 0 bridgehead atoms. The normalized spacial score (nSPS) is 9.44. The minimum absolute atomic E-state index is 0.819. The lowest BCUT2D eigenvalue weighted by Crippen LogP contribution is -1.82. The molecule has 0 spiro atoms. The summed E-state index contributed by atoms with van der Waals surface area (Å²) in [7, 11) is 0. The van der Waals surface area contributed by atoms with Gasteiger partial charge in [-0.3, -0.25) is 0 Å². The molecular formula is C6H7NS2. The molecule has 0 aliphatic carbocycles. The lowest BCUT2D eigenvalue weighted by molar-refractivity contribution is 1.16. The molecule has 0 saturated heterocycles. The van der Waals surface area contributed by atoms with Crippen molar-refractivity contribution in [3.8, 4) is 0 Å². The first-order valence-electron chi connectivity index (χ1n) is 2.67. The van der Waals surface area contributed by atoms with Gasteiger partial charge in [-0.15, -0.1) is 11.3 Å². The van der Waals surface area contributed by atoms with Gasteiger partial charge in [0.05, 0.1) is 10.7 Å². The van der Waals surface area contributed by atoms with E-state index in [1.54, 1.807) is 16.7 Å². The smallest absolute Gasteiger partial charge is 0.0897 e. The van der Waals surface area contributed by atoms with Gasteiger partial charge < -0.3 is 0 Å². The van der Waals surface area contributed by atoms with Crippen LogP contribution < -0.4 is 0 Å². The molecule has 0 unspecified atom stereocenters. The van der Waals surface area contributed by atoms with E-state index < -0.39 is 0 Å². The summed E-state index contributed by atoms with van der Waals surface area (Å²) in [5.41, 5.74) is 1.09. The first kappa shape index (κ1) is 6.83. The summed E-state index contributed by atoms with van der Waals surface area (Å²) in [6, 6.07) is 0. The molecule has 0 fully saturated rings. The number of rotatable bonds is 2. The average molecular weight is 157 g/mol. The molecule has 9 heavy (non-hydrogen) atoms. The van der Waals surface area contributed by atoms with Crippen molar-refractivity contribution in [2.24, 2.45) is 0 Å². The number of nitrogens with zero attached hydrogens (tertiary/aromatic N) is 1. The SMILES string of the molecule is Cc1nc(CC=S)cs1. The molecule has 0 aliphatic rings. The molecule has 0 radical (unpaired) electrons. The maximum Gasteiger partial charge on any atom is 0.0897 e. The first-order chi connectivity index (χ1) is 4.33. The van der Waals surface area contributed by atoms with Crippen molar-refractivity contribution in [1.29, 1.82) is 0 Å². The van der Waals surface area contributed by atoms with Gasteiger partial charge in [0.1, 0.15) is 0 Å². The van der Waals surface area contributed by atoms with Crippen molar-refractivity contribution in [2.75, 3.05) is 0 Å².